The van der Waals surface area contributed by atoms with Crippen LogP contribution in [-0.2, 0) is 19.6 Å². The predicted molar refractivity (Wildman–Crippen MR) is 120 cm³/mol. The highest BCUT2D eigenvalue weighted by atomic mass is 32.2. The van der Waals surface area contributed by atoms with Crippen molar-refractivity contribution in [1.29, 1.82) is 0 Å². The van der Waals surface area contributed by atoms with E-state index < -0.39 is 21.3 Å². The van der Waals surface area contributed by atoms with Gasteiger partial charge in [-0.2, -0.15) is 0 Å². The highest BCUT2D eigenvalue weighted by Gasteiger charge is 2.36. The predicted octanol–water partition coefficient (Wildman–Crippen LogP) is 1.70. The summed E-state index contributed by atoms with van der Waals surface area (Å²) < 4.78 is 31.4. The van der Waals surface area contributed by atoms with Gasteiger partial charge < -0.3 is 15.4 Å². The fourth-order valence-corrected chi connectivity index (χ4v) is 5.06. The Bertz CT molecular complexity index is 848. The number of piperidine rings is 1. The van der Waals surface area contributed by atoms with Gasteiger partial charge in [-0.15, -0.1) is 0 Å². The molecule has 2 amide bonds. The van der Waals surface area contributed by atoms with Crippen molar-refractivity contribution < 1.29 is 22.7 Å². The van der Waals surface area contributed by atoms with Gasteiger partial charge in [0.25, 0.3) is 5.91 Å². The Labute approximate surface area is 185 Å². The molecule has 1 heterocycles. The van der Waals surface area contributed by atoms with Gasteiger partial charge in [-0.25, -0.2) is 12.7 Å². The summed E-state index contributed by atoms with van der Waals surface area (Å²) in [5, 5.41) is 5.31. The highest BCUT2D eigenvalue weighted by Crippen LogP contribution is 2.25. The average Bonchev–Trinajstić information content (AvgIpc) is 2.75. The van der Waals surface area contributed by atoms with Gasteiger partial charge in [-0.05, 0) is 57.6 Å². The number of benzene rings is 1. The van der Waals surface area contributed by atoms with Crippen LogP contribution in [0.25, 0.3) is 0 Å². The number of carbonyl (C=O) groups excluding carboxylic acids is 2. The van der Waals surface area contributed by atoms with Gasteiger partial charge in [0.05, 0.1) is 5.25 Å². The Hall–Kier alpha value is -1.97. The van der Waals surface area contributed by atoms with Crippen LogP contribution in [0.3, 0.4) is 0 Å². The maximum absolute atomic E-state index is 12.9. The van der Waals surface area contributed by atoms with Gasteiger partial charge in [0.15, 0.2) is 0 Å². The van der Waals surface area contributed by atoms with Crippen LogP contribution in [0.1, 0.15) is 49.0 Å². The van der Waals surface area contributed by atoms with Gasteiger partial charge >= 0.3 is 0 Å². The SMILES string of the molecule is COCCCNC(=O)C(NC(=O)c1ccccc1C)C1CCN(S(=O)(=O)C(C)C)CC1. The van der Waals surface area contributed by atoms with E-state index in [9.17, 15) is 18.0 Å². The lowest BCUT2D eigenvalue weighted by atomic mass is 9.89. The largest absolute Gasteiger partial charge is 0.385 e. The number of methoxy groups -OCH3 is 1. The lowest BCUT2D eigenvalue weighted by Crippen LogP contribution is -2.54. The molecule has 1 aliphatic heterocycles. The van der Waals surface area contributed by atoms with Crippen molar-refractivity contribution in [1.82, 2.24) is 14.9 Å². The van der Waals surface area contributed by atoms with Crippen molar-refractivity contribution in [3.63, 3.8) is 0 Å². The quantitative estimate of drug-likeness (QED) is 0.525. The zero-order valence-corrected chi connectivity index (χ0v) is 19.7. The summed E-state index contributed by atoms with van der Waals surface area (Å²) in [6, 6.07) is 6.51. The second-order valence-electron chi connectivity index (χ2n) is 8.23. The van der Waals surface area contributed by atoms with Crippen LogP contribution in [0.2, 0.25) is 0 Å². The third-order valence-corrected chi connectivity index (χ3v) is 7.99. The van der Waals surface area contributed by atoms with Crippen molar-refractivity contribution in [3.05, 3.63) is 35.4 Å². The average molecular weight is 454 g/mol. The van der Waals surface area contributed by atoms with E-state index in [-0.39, 0.29) is 17.7 Å². The van der Waals surface area contributed by atoms with Crippen molar-refractivity contribution >= 4 is 21.8 Å². The molecular formula is C22H35N3O5S. The summed E-state index contributed by atoms with van der Waals surface area (Å²) in [6.45, 7) is 6.86. The summed E-state index contributed by atoms with van der Waals surface area (Å²) in [6.07, 6.45) is 1.69. The first kappa shape index (κ1) is 25.3. The van der Waals surface area contributed by atoms with Crippen LogP contribution in [0.4, 0.5) is 0 Å². The van der Waals surface area contributed by atoms with Gasteiger partial charge in [-0.1, -0.05) is 18.2 Å². The number of sulfonamides is 1. The molecule has 9 heteroatoms. The summed E-state index contributed by atoms with van der Waals surface area (Å²) in [5.41, 5.74) is 1.36. The zero-order chi connectivity index (χ0) is 23.0. The number of hydrogen-bond donors (Lipinski definition) is 2. The minimum absolute atomic E-state index is 0.144. The molecule has 1 unspecified atom stereocenters. The number of hydrogen-bond acceptors (Lipinski definition) is 5. The Morgan fingerprint density at radius 2 is 1.84 bits per heavy atom. The second kappa shape index (κ2) is 11.6. The highest BCUT2D eigenvalue weighted by molar-refractivity contribution is 7.89. The molecule has 1 aromatic rings. The number of carbonyl (C=O) groups is 2. The Morgan fingerprint density at radius 1 is 1.19 bits per heavy atom. The molecule has 0 bridgehead atoms. The normalized spacial score (nSPS) is 16.8. The Morgan fingerprint density at radius 3 is 2.42 bits per heavy atom. The summed E-state index contributed by atoms with van der Waals surface area (Å²) >= 11 is 0. The van der Waals surface area contributed by atoms with E-state index in [0.717, 1.165) is 5.56 Å². The van der Waals surface area contributed by atoms with Crippen LogP contribution in [0.15, 0.2) is 24.3 Å². The van der Waals surface area contributed by atoms with Crippen molar-refractivity contribution in [2.45, 2.75) is 51.3 Å². The van der Waals surface area contributed by atoms with E-state index in [1.807, 2.05) is 19.1 Å². The number of nitrogens with one attached hydrogen (secondary N) is 2. The number of aryl methyl sites for hydroxylation is 1. The Balaban J connectivity index is 2.12. The molecule has 8 nitrogen and oxygen atoms in total. The van der Waals surface area contributed by atoms with Crippen LogP contribution in [0, 0.1) is 12.8 Å². The molecule has 1 aliphatic rings. The Kier molecular flexibility index (Phi) is 9.46. The molecule has 174 valence electrons. The molecule has 1 atom stereocenters. The summed E-state index contributed by atoms with van der Waals surface area (Å²) in [4.78, 5) is 25.8. The van der Waals surface area contributed by atoms with Crippen LogP contribution < -0.4 is 10.6 Å². The number of nitrogens with zero attached hydrogens (tertiary/aromatic N) is 1. The maximum Gasteiger partial charge on any atom is 0.252 e. The second-order valence-corrected chi connectivity index (χ2v) is 10.7. The molecule has 0 saturated carbocycles. The van der Waals surface area contributed by atoms with Crippen molar-refractivity contribution in [3.8, 4) is 0 Å². The first-order valence-corrected chi connectivity index (χ1v) is 12.3. The maximum atomic E-state index is 12.9. The minimum atomic E-state index is -3.33. The first-order chi connectivity index (χ1) is 14.7. The van der Waals surface area contributed by atoms with Gasteiger partial charge in [0.1, 0.15) is 6.04 Å². The van der Waals surface area contributed by atoms with Crippen LogP contribution in [-0.4, -0.2) is 69.2 Å². The number of ether oxygens (including phenoxy) is 1. The first-order valence-electron chi connectivity index (χ1n) is 10.8. The zero-order valence-electron chi connectivity index (χ0n) is 18.9. The molecule has 2 N–H and O–H groups in total. The molecule has 0 radical (unpaired) electrons. The fraction of sp³-hybridized carbons (Fsp3) is 0.636. The molecule has 31 heavy (non-hydrogen) atoms. The molecule has 0 aliphatic carbocycles. The molecule has 1 aromatic carbocycles. The minimum Gasteiger partial charge on any atom is -0.385 e. The van der Waals surface area contributed by atoms with E-state index >= 15 is 0 Å². The smallest absolute Gasteiger partial charge is 0.252 e. The standard InChI is InChI=1S/C22H35N3O5S/c1-16(2)31(28,29)25-13-10-18(11-14-25)20(22(27)23-12-7-15-30-4)24-21(26)19-9-6-5-8-17(19)3/h5-6,8-9,16,18,20H,7,10-15H2,1-4H3,(H,23,27)(H,24,26). The topological polar surface area (TPSA) is 105 Å². The molecule has 0 aromatic heterocycles. The van der Waals surface area contributed by atoms with Crippen molar-refractivity contribution in [2.75, 3.05) is 33.4 Å². The number of rotatable bonds is 10. The van der Waals surface area contributed by atoms with Gasteiger partial charge in [0, 0.05) is 38.9 Å². The molecule has 1 saturated heterocycles. The van der Waals surface area contributed by atoms with E-state index in [4.69, 9.17) is 4.74 Å². The van der Waals surface area contributed by atoms with Crippen molar-refractivity contribution in [2.24, 2.45) is 5.92 Å². The van der Waals surface area contributed by atoms with Crippen LogP contribution in [0.5, 0.6) is 0 Å². The van der Waals surface area contributed by atoms with E-state index in [2.05, 4.69) is 10.6 Å². The van der Waals surface area contributed by atoms with Gasteiger partial charge in [-0.3, -0.25) is 9.59 Å². The van der Waals surface area contributed by atoms with E-state index in [0.29, 0.717) is 51.1 Å². The fourth-order valence-electron chi connectivity index (χ4n) is 3.74. The summed E-state index contributed by atoms with van der Waals surface area (Å²) in [7, 11) is -1.73. The third kappa shape index (κ3) is 6.75. The lowest BCUT2D eigenvalue weighted by Gasteiger charge is -2.36. The van der Waals surface area contributed by atoms with E-state index in [1.165, 1.54) is 4.31 Å². The monoisotopic (exact) mass is 453 g/mol. The third-order valence-electron chi connectivity index (χ3n) is 5.71. The molecule has 2 rings (SSSR count). The molecular weight excluding hydrogens is 418 g/mol. The molecule has 0 spiro atoms. The van der Waals surface area contributed by atoms with Gasteiger partial charge in [0.2, 0.25) is 15.9 Å². The molecule has 1 fully saturated rings. The summed E-state index contributed by atoms with van der Waals surface area (Å²) in [5.74, 6) is -0.690. The van der Waals surface area contributed by atoms with Crippen LogP contribution >= 0.6 is 0 Å². The van der Waals surface area contributed by atoms with E-state index in [1.54, 1.807) is 33.1 Å². The number of amides is 2. The lowest BCUT2D eigenvalue weighted by molar-refractivity contribution is -0.124.